The molecule has 4 aromatic carbocycles. The molecule has 3 atom stereocenters. The van der Waals surface area contributed by atoms with E-state index in [9.17, 15) is 24.0 Å². The summed E-state index contributed by atoms with van der Waals surface area (Å²) in [5.74, 6) is -0.532. The molecule has 0 bridgehead atoms. The molecule has 26 heteroatoms. The number of ether oxygens (including phenoxy) is 7. The number of hydrogen-bond acceptors (Lipinski definition) is 18. The van der Waals surface area contributed by atoms with Gasteiger partial charge in [0, 0.05) is 95.8 Å². The average Bonchev–Trinajstić information content (AvgIpc) is 1.61. The topological polar surface area (TPSA) is 209 Å². The first kappa shape index (κ1) is 72.4. The van der Waals surface area contributed by atoms with E-state index in [-0.39, 0.29) is 61.5 Å². The number of nitrogens with zero attached hydrogens (tertiary/aromatic N) is 10. The van der Waals surface area contributed by atoms with Crippen molar-refractivity contribution in [2.75, 3.05) is 135 Å². The van der Waals surface area contributed by atoms with E-state index in [4.69, 9.17) is 54.7 Å². The number of hydrogen-bond donors (Lipinski definition) is 1. The zero-order valence-corrected chi connectivity index (χ0v) is 58.5. The van der Waals surface area contributed by atoms with Gasteiger partial charge in [-0.15, -0.1) is 0 Å². The summed E-state index contributed by atoms with van der Waals surface area (Å²) in [7, 11) is 0.213. The lowest BCUT2D eigenvalue weighted by atomic mass is 10.0. The highest BCUT2D eigenvalue weighted by atomic mass is 35.5. The zero-order chi connectivity index (χ0) is 67.5. The molecule has 0 aliphatic carbocycles. The summed E-state index contributed by atoms with van der Waals surface area (Å²) >= 11 is 8.01. The van der Waals surface area contributed by atoms with Crippen LogP contribution in [0.25, 0.3) is 10.8 Å². The number of thioether (sulfide) groups is 1. The molecule has 2 fully saturated rings. The van der Waals surface area contributed by atoms with E-state index < -0.39 is 42.3 Å². The number of anilines is 2. The molecule has 4 aliphatic heterocycles. The van der Waals surface area contributed by atoms with Gasteiger partial charge in [-0.25, -0.2) is 23.2 Å². The van der Waals surface area contributed by atoms with Crippen LogP contribution in [0.15, 0.2) is 90.0 Å². The number of fused-ring (bicyclic) bond motifs is 2. The number of likely N-dealkylation sites (N-methyl/N-ethyl adjacent to an activating group) is 1. The lowest BCUT2D eigenvalue weighted by Crippen LogP contribution is -2.56. The van der Waals surface area contributed by atoms with Crippen molar-refractivity contribution in [1.82, 2.24) is 35.0 Å². The van der Waals surface area contributed by atoms with Crippen LogP contribution < -0.4 is 19.9 Å². The van der Waals surface area contributed by atoms with Crippen molar-refractivity contribution in [1.29, 1.82) is 5.26 Å². The highest BCUT2D eigenvalue weighted by Crippen LogP contribution is 2.51. The lowest BCUT2D eigenvalue weighted by molar-refractivity contribution is -0.00398. The fourth-order valence-electron chi connectivity index (χ4n) is 12.1. The maximum atomic E-state index is 15.3. The van der Waals surface area contributed by atoms with Crippen molar-refractivity contribution in [3.05, 3.63) is 124 Å². The van der Waals surface area contributed by atoms with Gasteiger partial charge in [0.1, 0.15) is 39.6 Å². The van der Waals surface area contributed by atoms with Crippen molar-refractivity contribution in [3.63, 3.8) is 0 Å². The number of rotatable bonds is 31. The highest BCUT2D eigenvalue weighted by Gasteiger charge is 2.50. The second-order valence-electron chi connectivity index (χ2n) is 26.4. The summed E-state index contributed by atoms with van der Waals surface area (Å²) in [5, 5.41) is 21.6. The first-order valence-electron chi connectivity index (χ1n) is 33.1. The van der Waals surface area contributed by atoms with Gasteiger partial charge in [-0.1, -0.05) is 97.6 Å². The SMILES string of the molecule is CN(CCOCCOCCOCCOCCCN1CCC[C@H]1COc1nc2c(c(N3CCN(C(=O)OCC[Si](C)(C)C)[C@@H](CC#N)C3)n1)CCN(c1cccc3cccc(Cl)c13)C2)C(=O)N1N=C(c2cc(F)ccc2F)SC1(CCCNC(=O)OC(C)(C)C)c1ccccc1. The minimum Gasteiger partial charge on any atom is -0.462 e. The molecule has 0 radical (unpaired) electrons. The molecular weight excluding hydrogens is 1280 g/mol. The molecule has 0 saturated carbocycles. The third-order valence-corrected chi connectivity index (χ3v) is 20.5. The normalized spacial score (nSPS) is 18.4. The van der Waals surface area contributed by atoms with Gasteiger partial charge < -0.3 is 58.1 Å². The van der Waals surface area contributed by atoms with Crippen molar-refractivity contribution < 1.29 is 56.3 Å². The smallest absolute Gasteiger partial charge is 0.410 e. The largest absolute Gasteiger partial charge is 0.462 e. The number of carbonyl (C=O) groups excluding carboxylic acids is 3. The van der Waals surface area contributed by atoms with Crippen LogP contribution in [0.3, 0.4) is 0 Å². The molecule has 4 amide bonds. The second kappa shape index (κ2) is 34.4. The van der Waals surface area contributed by atoms with Crippen LogP contribution >= 0.6 is 23.4 Å². The quantitative estimate of drug-likeness (QED) is 0.0323. The number of amides is 4. The Labute approximate surface area is 567 Å². The number of aromatic nitrogens is 2. The molecule has 1 aromatic heterocycles. The van der Waals surface area contributed by atoms with Crippen molar-refractivity contribution in [2.45, 2.75) is 121 Å². The van der Waals surface area contributed by atoms with E-state index in [2.05, 4.69) is 75.1 Å². The Morgan fingerprint density at radius 1 is 0.842 bits per heavy atom. The van der Waals surface area contributed by atoms with Crippen LogP contribution in [0.5, 0.6) is 6.01 Å². The summed E-state index contributed by atoms with van der Waals surface area (Å²) in [4.78, 5) is 59.6. The minimum atomic E-state index is -1.42. The molecule has 5 heterocycles. The molecule has 2 saturated heterocycles. The summed E-state index contributed by atoms with van der Waals surface area (Å²) in [6.07, 6.45) is 3.48. The molecule has 9 rings (SSSR count). The Morgan fingerprint density at radius 2 is 1.57 bits per heavy atom. The molecular formula is C69H92ClF2N11O10SSi. The Kier molecular flexibility index (Phi) is 26.2. The van der Waals surface area contributed by atoms with Gasteiger partial charge in [0.05, 0.1) is 88.6 Å². The fourth-order valence-corrected chi connectivity index (χ4v) is 14.5. The van der Waals surface area contributed by atoms with Crippen molar-refractivity contribution in [3.8, 4) is 12.1 Å². The van der Waals surface area contributed by atoms with Crippen LogP contribution in [0.1, 0.15) is 81.7 Å². The Hall–Kier alpha value is -6.89. The van der Waals surface area contributed by atoms with Crippen molar-refractivity contribution >= 4 is 77.0 Å². The predicted molar refractivity (Wildman–Crippen MR) is 368 cm³/mol. The van der Waals surface area contributed by atoms with Crippen molar-refractivity contribution in [2.24, 2.45) is 5.10 Å². The van der Waals surface area contributed by atoms with E-state index in [1.807, 2.05) is 42.5 Å². The standard InChI is InChI=1S/C69H92ClF2N11O10SSi/c1-68(2,3)93-65(84)74-29-14-27-69(51-18-9-8-10-19-51)83(77-63(94-69)56-46-52(71)23-24-58(56)72)66(85)78(4)35-37-88-39-41-90-43-42-89-40-38-87-36-15-31-79-30-13-20-54(79)49-92-64-75-59-48-80(60-22-12-17-50-16-11-21-57(70)61(50)60)32-26-55(59)62(76-64)81-33-34-82(53(47-81)25-28-73)67(86)91-44-45-95(5,6)7/h8-12,16-19,21-24,46,53-54H,13-15,20,25-27,29-45,47-49H2,1-7H3,(H,74,84)/t53-,54-,69?/m0/s1. The number of nitriles is 1. The van der Waals surface area contributed by atoms with Gasteiger partial charge in [-0.05, 0) is 113 Å². The van der Waals surface area contributed by atoms with Crippen LogP contribution in [0, 0.1) is 23.0 Å². The van der Waals surface area contributed by atoms with Crippen LogP contribution in [-0.2, 0) is 46.3 Å². The van der Waals surface area contributed by atoms with Gasteiger partial charge >= 0.3 is 24.2 Å². The maximum Gasteiger partial charge on any atom is 0.410 e. The number of alkyl carbamates (subject to hydrolysis) is 1. The maximum absolute atomic E-state index is 15.3. The predicted octanol–water partition coefficient (Wildman–Crippen LogP) is 11.9. The van der Waals surface area contributed by atoms with Gasteiger partial charge in [0.25, 0.3) is 0 Å². The third kappa shape index (κ3) is 20.1. The van der Waals surface area contributed by atoms with Crippen LogP contribution in [0.4, 0.5) is 34.7 Å². The molecule has 5 aromatic rings. The second-order valence-corrected chi connectivity index (χ2v) is 33.7. The monoisotopic (exact) mass is 1370 g/mol. The third-order valence-electron chi connectivity index (χ3n) is 17.0. The molecule has 95 heavy (non-hydrogen) atoms. The van der Waals surface area contributed by atoms with E-state index >= 15 is 4.39 Å². The number of halogens is 3. The average molecular weight is 1370 g/mol. The van der Waals surface area contributed by atoms with E-state index in [0.717, 1.165) is 114 Å². The van der Waals surface area contributed by atoms with Gasteiger partial charge in [-0.2, -0.15) is 25.3 Å². The lowest BCUT2D eigenvalue weighted by Gasteiger charge is -2.42. The Morgan fingerprint density at radius 3 is 2.29 bits per heavy atom. The number of benzene rings is 4. The molecule has 1 unspecified atom stereocenters. The number of likely N-dealkylation sites (tertiary alicyclic amines) is 1. The van der Waals surface area contributed by atoms with Gasteiger partial charge in [-0.3, -0.25) is 4.90 Å². The minimum absolute atomic E-state index is 0.0656. The highest BCUT2D eigenvalue weighted by molar-refractivity contribution is 8.15. The summed E-state index contributed by atoms with van der Waals surface area (Å²) in [5.41, 5.74) is 2.94. The van der Waals surface area contributed by atoms with Crippen LogP contribution in [0.2, 0.25) is 30.7 Å². The number of urea groups is 1. The first-order valence-corrected chi connectivity index (χ1v) is 38.0. The molecule has 4 aliphatic rings. The molecule has 1 N–H and O–H groups in total. The first-order chi connectivity index (χ1) is 45.7. The van der Waals surface area contributed by atoms with E-state index in [1.165, 1.54) is 9.91 Å². The summed E-state index contributed by atoms with van der Waals surface area (Å²) in [6.45, 7) is 20.7. The molecule has 514 valence electrons. The Bertz CT molecular complexity index is 3450. The summed E-state index contributed by atoms with van der Waals surface area (Å²) in [6, 6.07) is 27.5. The van der Waals surface area contributed by atoms with Gasteiger partial charge in [0.2, 0.25) is 0 Å². The fraction of sp³-hybridized carbons (Fsp3) is 0.551. The zero-order valence-electron chi connectivity index (χ0n) is 55.9. The summed E-state index contributed by atoms with van der Waals surface area (Å²) < 4.78 is 71.0. The number of piperazine rings is 1. The number of hydrazone groups is 1. The Balaban J connectivity index is 0.695. The molecule has 0 spiro atoms. The number of nitrogens with one attached hydrogen (secondary N) is 1. The molecule has 21 nitrogen and oxygen atoms in total. The van der Waals surface area contributed by atoms with Gasteiger partial charge in [0.15, 0.2) is 0 Å². The van der Waals surface area contributed by atoms with Crippen LogP contribution in [-0.4, -0.2) is 204 Å². The number of carbonyl (C=O) groups is 3. The van der Waals surface area contributed by atoms with E-state index in [1.54, 1.807) is 32.7 Å². The van der Waals surface area contributed by atoms with E-state index in [0.29, 0.717) is 109 Å².